The zero-order valence-electron chi connectivity index (χ0n) is 7.87. The van der Waals surface area contributed by atoms with Gasteiger partial charge in [-0.25, -0.2) is 0 Å². The molecule has 2 aromatic rings. The molecule has 1 heterocycles. The Bertz CT molecular complexity index is 429. The first-order chi connectivity index (χ1) is 6.20. The maximum atomic E-state index is 5.87. The SMILES string of the molecule is Cc1oc2ccccc2c1[C@@H](C)N. The number of fused-ring (bicyclic) bond motifs is 1. The second-order valence-electron chi connectivity index (χ2n) is 3.36. The molecule has 0 radical (unpaired) electrons. The molecular formula is C11H13NO. The minimum absolute atomic E-state index is 0.0312. The Morgan fingerprint density at radius 2 is 2.00 bits per heavy atom. The highest BCUT2D eigenvalue weighted by Gasteiger charge is 2.12. The minimum atomic E-state index is 0.0312. The molecule has 1 atom stereocenters. The first-order valence-corrected chi connectivity index (χ1v) is 4.43. The van der Waals surface area contributed by atoms with Crippen LogP contribution in [0.5, 0.6) is 0 Å². The summed E-state index contributed by atoms with van der Waals surface area (Å²) in [4.78, 5) is 0. The smallest absolute Gasteiger partial charge is 0.134 e. The van der Waals surface area contributed by atoms with E-state index in [1.165, 1.54) is 0 Å². The number of para-hydroxylation sites is 1. The Balaban J connectivity index is 2.78. The molecule has 0 unspecified atom stereocenters. The molecule has 0 aliphatic carbocycles. The van der Waals surface area contributed by atoms with Gasteiger partial charge in [-0.2, -0.15) is 0 Å². The van der Waals surface area contributed by atoms with Crippen LogP contribution in [-0.4, -0.2) is 0 Å². The van der Waals surface area contributed by atoms with Crippen molar-refractivity contribution in [2.75, 3.05) is 0 Å². The van der Waals surface area contributed by atoms with Crippen molar-refractivity contribution in [2.45, 2.75) is 19.9 Å². The highest BCUT2D eigenvalue weighted by atomic mass is 16.3. The summed E-state index contributed by atoms with van der Waals surface area (Å²) < 4.78 is 5.58. The molecule has 0 bridgehead atoms. The molecule has 0 fully saturated rings. The van der Waals surface area contributed by atoms with E-state index < -0.39 is 0 Å². The largest absolute Gasteiger partial charge is 0.461 e. The second kappa shape index (κ2) is 2.89. The van der Waals surface area contributed by atoms with Gasteiger partial charge in [0.15, 0.2) is 0 Å². The molecule has 0 spiro atoms. The second-order valence-corrected chi connectivity index (χ2v) is 3.36. The predicted octanol–water partition coefficient (Wildman–Crippen LogP) is 2.76. The molecule has 13 heavy (non-hydrogen) atoms. The van der Waals surface area contributed by atoms with Gasteiger partial charge < -0.3 is 10.2 Å². The van der Waals surface area contributed by atoms with Crippen LogP contribution < -0.4 is 5.73 Å². The number of hydrogen-bond donors (Lipinski definition) is 1. The van der Waals surface area contributed by atoms with E-state index in [4.69, 9.17) is 10.2 Å². The first kappa shape index (κ1) is 8.32. The van der Waals surface area contributed by atoms with Crippen LogP contribution in [-0.2, 0) is 0 Å². The molecule has 2 rings (SSSR count). The molecule has 68 valence electrons. The molecule has 1 aromatic carbocycles. The van der Waals surface area contributed by atoms with Crippen LogP contribution in [0.1, 0.15) is 24.3 Å². The summed E-state index contributed by atoms with van der Waals surface area (Å²) >= 11 is 0. The van der Waals surface area contributed by atoms with Crippen LogP contribution in [0, 0.1) is 6.92 Å². The van der Waals surface area contributed by atoms with Crippen LogP contribution in [0.25, 0.3) is 11.0 Å². The number of hydrogen-bond acceptors (Lipinski definition) is 2. The van der Waals surface area contributed by atoms with Crippen molar-refractivity contribution in [1.29, 1.82) is 0 Å². The Morgan fingerprint density at radius 3 is 2.69 bits per heavy atom. The third-order valence-electron chi connectivity index (χ3n) is 2.27. The predicted molar refractivity (Wildman–Crippen MR) is 53.6 cm³/mol. The lowest BCUT2D eigenvalue weighted by atomic mass is 10.1. The van der Waals surface area contributed by atoms with E-state index in [0.717, 1.165) is 22.3 Å². The van der Waals surface area contributed by atoms with Crippen LogP contribution >= 0.6 is 0 Å². The molecule has 2 heteroatoms. The van der Waals surface area contributed by atoms with E-state index in [2.05, 4.69) is 0 Å². The number of furan rings is 1. The van der Waals surface area contributed by atoms with Crippen molar-refractivity contribution in [2.24, 2.45) is 5.73 Å². The van der Waals surface area contributed by atoms with Crippen molar-refractivity contribution in [3.8, 4) is 0 Å². The summed E-state index contributed by atoms with van der Waals surface area (Å²) in [5, 5.41) is 1.13. The average molecular weight is 175 g/mol. The molecular weight excluding hydrogens is 162 g/mol. The van der Waals surface area contributed by atoms with Gasteiger partial charge in [-0.3, -0.25) is 0 Å². The number of nitrogens with two attached hydrogens (primary N) is 1. The van der Waals surface area contributed by atoms with Crippen molar-refractivity contribution < 1.29 is 4.42 Å². The lowest BCUT2D eigenvalue weighted by Crippen LogP contribution is -2.05. The summed E-state index contributed by atoms with van der Waals surface area (Å²) in [6.07, 6.45) is 0. The molecule has 0 aliphatic rings. The lowest BCUT2D eigenvalue weighted by molar-refractivity contribution is 0.566. The maximum Gasteiger partial charge on any atom is 0.134 e. The van der Waals surface area contributed by atoms with Gasteiger partial charge in [-0.1, -0.05) is 18.2 Å². The molecule has 0 saturated carbocycles. The quantitative estimate of drug-likeness (QED) is 0.723. The van der Waals surface area contributed by atoms with E-state index in [0.29, 0.717) is 0 Å². The van der Waals surface area contributed by atoms with Crippen LogP contribution in [0.2, 0.25) is 0 Å². The maximum absolute atomic E-state index is 5.87. The first-order valence-electron chi connectivity index (χ1n) is 4.43. The summed E-state index contributed by atoms with van der Waals surface area (Å²) in [6, 6.07) is 8.02. The Hall–Kier alpha value is -1.28. The fourth-order valence-corrected chi connectivity index (χ4v) is 1.75. The third kappa shape index (κ3) is 1.23. The highest BCUT2D eigenvalue weighted by molar-refractivity contribution is 5.82. The van der Waals surface area contributed by atoms with Gasteiger partial charge in [0.25, 0.3) is 0 Å². The fraction of sp³-hybridized carbons (Fsp3) is 0.273. The molecule has 0 aliphatic heterocycles. The Morgan fingerprint density at radius 1 is 1.31 bits per heavy atom. The van der Waals surface area contributed by atoms with E-state index in [1.54, 1.807) is 0 Å². The molecule has 2 nitrogen and oxygen atoms in total. The van der Waals surface area contributed by atoms with E-state index in [-0.39, 0.29) is 6.04 Å². The van der Waals surface area contributed by atoms with Crippen molar-refractivity contribution in [3.05, 3.63) is 35.6 Å². The van der Waals surface area contributed by atoms with Crippen molar-refractivity contribution in [3.63, 3.8) is 0 Å². The van der Waals surface area contributed by atoms with E-state index >= 15 is 0 Å². The van der Waals surface area contributed by atoms with Gasteiger partial charge in [0.2, 0.25) is 0 Å². The van der Waals surface area contributed by atoms with E-state index in [9.17, 15) is 0 Å². The van der Waals surface area contributed by atoms with Crippen LogP contribution in [0.3, 0.4) is 0 Å². The molecule has 0 amide bonds. The number of benzene rings is 1. The monoisotopic (exact) mass is 175 g/mol. The third-order valence-corrected chi connectivity index (χ3v) is 2.27. The molecule has 1 aromatic heterocycles. The average Bonchev–Trinajstić information content (AvgIpc) is 2.39. The van der Waals surface area contributed by atoms with Crippen LogP contribution in [0.4, 0.5) is 0 Å². The molecule has 2 N–H and O–H groups in total. The summed E-state index contributed by atoms with van der Waals surface area (Å²) in [7, 11) is 0. The zero-order valence-corrected chi connectivity index (χ0v) is 7.87. The van der Waals surface area contributed by atoms with Gasteiger partial charge in [-0.05, 0) is 19.9 Å². The van der Waals surface area contributed by atoms with Gasteiger partial charge >= 0.3 is 0 Å². The van der Waals surface area contributed by atoms with Crippen molar-refractivity contribution in [1.82, 2.24) is 0 Å². The fourth-order valence-electron chi connectivity index (χ4n) is 1.75. The highest BCUT2D eigenvalue weighted by Crippen LogP contribution is 2.28. The van der Waals surface area contributed by atoms with Gasteiger partial charge in [0.05, 0.1) is 0 Å². The van der Waals surface area contributed by atoms with Gasteiger partial charge in [0, 0.05) is 17.0 Å². The zero-order chi connectivity index (χ0) is 9.42. The summed E-state index contributed by atoms with van der Waals surface area (Å²) in [5.41, 5.74) is 7.91. The number of aryl methyl sites for hydroxylation is 1. The minimum Gasteiger partial charge on any atom is -0.461 e. The van der Waals surface area contributed by atoms with Gasteiger partial charge in [0.1, 0.15) is 11.3 Å². The topological polar surface area (TPSA) is 39.2 Å². The Kier molecular flexibility index (Phi) is 1.85. The standard InChI is InChI=1S/C11H13NO/c1-7(12)11-8(2)13-10-6-4-3-5-9(10)11/h3-7H,12H2,1-2H3/t7-/m1/s1. The summed E-state index contributed by atoms with van der Waals surface area (Å²) in [5.74, 6) is 0.927. The lowest BCUT2D eigenvalue weighted by Gasteiger charge is -2.02. The summed E-state index contributed by atoms with van der Waals surface area (Å²) in [6.45, 7) is 3.93. The Labute approximate surface area is 77.3 Å². The van der Waals surface area contributed by atoms with E-state index in [1.807, 2.05) is 38.1 Å². The van der Waals surface area contributed by atoms with Crippen LogP contribution in [0.15, 0.2) is 28.7 Å². The normalized spacial score (nSPS) is 13.5. The number of rotatable bonds is 1. The molecule has 0 saturated heterocycles. The van der Waals surface area contributed by atoms with Gasteiger partial charge in [-0.15, -0.1) is 0 Å². The van der Waals surface area contributed by atoms with Crippen molar-refractivity contribution >= 4 is 11.0 Å².